The summed E-state index contributed by atoms with van der Waals surface area (Å²) in [6, 6.07) is 12.7. The number of ether oxygens (including phenoxy) is 1. The zero-order valence-corrected chi connectivity index (χ0v) is 20.4. The number of aryl methyl sites for hydroxylation is 1. The second-order valence-corrected chi connectivity index (χ2v) is 11.0. The van der Waals surface area contributed by atoms with Gasteiger partial charge in [-0.15, -0.1) is 0 Å². The van der Waals surface area contributed by atoms with Crippen LogP contribution < -0.4 is 14.9 Å². The molecule has 0 saturated carbocycles. The Morgan fingerprint density at radius 1 is 1.09 bits per heavy atom. The molecule has 0 aliphatic carbocycles. The molecule has 1 fully saturated rings. The first-order chi connectivity index (χ1) is 15.0. The summed E-state index contributed by atoms with van der Waals surface area (Å²) >= 11 is 0. The van der Waals surface area contributed by atoms with E-state index in [1.54, 1.807) is 38.1 Å². The molecule has 32 heavy (non-hydrogen) atoms. The third-order valence-corrected chi connectivity index (χ3v) is 7.65. The topological polar surface area (TPSA) is 87.7 Å². The van der Waals surface area contributed by atoms with Crippen molar-refractivity contribution in [2.45, 2.75) is 65.0 Å². The highest BCUT2D eigenvalue weighted by atomic mass is 32.2. The first kappa shape index (κ1) is 24.1. The molecule has 174 valence electrons. The highest BCUT2D eigenvalue weighted by Gasteiger charge is 2.29. The molecular weight excluding hydrogens is 426 g/mol. The zero-order chi connectivity index (χ0) is 23.6. The van der Waals surface area contributed by atoms with Crippen molar-refractivity contribution in [2.24, 2.45) is 0 Å². The van der Waals surface area contributed by atoms with Crippen molar-refractivity contribution in [1.29, 1.82) is 0 Å². The van der Waals surface area contributed by atoms with Gasteiger partial charge in [0.1, 0.15) is 0 Å². The van der Waals surface area contributed by atoms with Crippen molar-refractivity contribution in [3.05, 3.63) is 53.6 Å². The van der Waals surface area contributed by atoms with Gasteiger partial charge >= 0.3 is 0 Å². The van der Waals surface area contributed by atoms with Crippen LogP contribution in [0.1, 0.15) is 50.5 Å². The van der Waals surface area contributed by atoms with Crippen molar-refractivity contribution < 1.29 is 17.9 Å². The molecule has 2 aromatic rings. The summed E-state index contributed by atoms with van der Waals surface area (Å²) < 4.78 is 32.4. The molecule has 1 aliphatic heterocycles. The number of nitrogens with one attached hydrogen (secondary N) is 2. The van der Waals surface area contributed by atoms with E-state index in [0.29, 0.717) is 11.3 Å². The summed E-state index contributed by atoms with van der Waals surface area (Å²) in [7, 11) is -3.43. The second-order valence-electron chi connectivity index (χ2n) is 8.77. The van der Waals surface area contributed by atoms with Gasteiger partial charge in [-0.3, -0.25) is 9.52 Å². The fraction of sp³-hybridized carbons (Fsp3) is 0.458. The number of hydrogen-bond acceptors (Lipinski definition) is 5. The minimum atomic E-state index is -3.43. The fourth-order valence-corrected chi connectivity index (χ4v) is 4.39. The monoisotopic (exact) mass is 459 g/mol. The minimum Gasteiger partial charge on any atom is -0.372 e. The zero-order valence-electron chi connectivity index (χ0n) is 19.5. The molecule has 3 atom stereocenters. The molecule has 2 N–H and O–H groups in total. The lowest BCUT2D eigenvalue weighted by atomic mass is 10.1. The molecule has 1 saturated heterocycles. The SMILES string of the molecule is Cc1cc(N2CC(C)OC(C)C2C)ccc1NC(=O)c1ccc(NS(=O)(=O)C(C)C)cc1. The molecule has 0 bridgehead atoms. The van der Waals surface area contributed by atoms with Gasteiger partial charge in [0.05, 0.1) is 23.5 Å². The van der Waals surface area contributed by atoms with Crippen LogP contribution in [-0.4, -0.2) is 44.4 Å². The highest BCUT2D eigenvalue weighted by molar-refractivity contribution is 7.93. The van der Waals surface area contributed by atoms with Gasteiger partial charge < -0.3 is 15.0 Å². The molecule has 1 aliphatic rings. The van der Waals surface area contributed by atoms with E-state index < -0.39 is 15.3 Å². The van der Waals surface area contributed by atoms with Crippen LogP contribution >= 0.6 is 0 Å². The number of carbonyl (C=O) groups excluding carboxylic acids is 1. The van der Waals surface area contributed by atoms with Gasteiger partial charge in [0.25, 0.3) is 5.91 Å². The third kappa shape index (κ3) is 5.42. The highest BCUT2D eigenvalue weighted by Crippen LogP contribution is 2.29. The molecule has 7 nitrogen and oxygen atoms in total. The van der Waals surface area contributed by atoms with Crippen LogP contribution in [0.3, 0.4) is 0 Å². The Morgan fingerprint density at radius 2 is 1.75 bits per heavy atom. The number of rotatable bonds is 6. The largest absolute Gasteiger partial charge is 0.372 e. The number of morpholine rings is 1. The Labute approximate surface area is 191 Å². The standard InChI is InChI=1S/C24H33N3O4S/c1-15(2)32(29,30)26-21-9-7-20(8-10-21)24(28)25-23-12-11-22(13-16(23)3)27-14-17(4)31-19(6)18(27)5/h7-13,15,17-19,26H,14H2,1-6H3,(H,25,28). The number of hydrogen-bond donors (Lipinski definition) is 2. The van der Waals surface area contributed by atoms with E-state index in [4.69, 9.17) is 4.74 Å². The second kappa shape index (κ2) is 9.50. The lowest BCUT2D eigenvalue weighted by molar-refractivity contribution is -0.0257. The van der Waals surface area contributed by atoms with E-state index in [9.17, 15) is 13.2 Å². The first-order valence-electron chi connectivity index (χ1n) is 10.9. The van der Waals surface area contributed by atoms with Gasteiger partial charge in [-0.05, 0) is 89.6 Å². The van der Waals surface area contributed by atoms with Gasteiger partial charge in [-0.1, -0.05) is 0 Å². The molecule has 0 spiro atoms. The van der Waals surface area contributed by atoms with Crippen LogP contribution in [0.15, 0.2) is 42.5 Å². The molecule has 1 amide bonds. The Hall–Kier alpha value is -2.58. The summed E-state index contributed by atoms with van der Waals surface area (Å²) in [5.74, 6) is -0.249. The Bertz CT molecular complexity index is 1070. The van der Waals surface area contributed by atoms with E-state index in [1.165, 1.54) is 0 Å². The van der Waals surface area contributed by atoms with Crippen molar-refractivity contribution in [2.75, 3.05) is 21.5 Å². The van der Waals surface area contributed by atoms with Crippen LogP contribution in [0.2, 0.25) is 0 Å². The predicted molar refractivity (Wildman–Crippen MR) is 130 cm³/mol. The number of anilines is 3. The molecule has 1 heterocycles. The normalized spacial score (nSPS) is 21.5. The molecule has 2 aromatic carbocycles. The quantitative estimate of drug-likeness (QED) is 0.669. The average Bonchev–Trinajstić information content (AvgIpc) is 2.72. The summed E-state index contributed by atoms with van der Waals surface area (Å²) in [5.41, 5.74) is 3.70. The number of nitrogens with zero attached hydrogens (tertiary/aromatic N) is 1. The van der Waals surface area contributed by atoms with E-state index in [-0.39, 0.29) is 24.2 Å². The van der Waals surface area contributed by atoms with Gasteiger partial charge in [0, 0.05) is 29.2 Å². The number of benzene rings is 2. The predicted octanol–water partition coefficient (Wildman–Crippen LogP) is 4.40. The Kier molecular flexibility index (Phi) is 7.15. The lowest BCUT2D eigenvalue weighted by Gasteiger charge is -2.42. The van der Waals surface area contributed by atoms with Crippen LogP contribution in [0, 0.1) is 6.92 Å². The third-order valence-electron chi connectivity index (χ3n) is 5.89. The van der Waals surface area contributed by atoms with E-state index in [1.807, 2.05) is 19.1 Å². The maximum Gasteiger partial charge on any atom is 0.255 e. The lowest BCUT2D eigenvalue weighted by Crippen LogP contribution is -2.52. The fourth-order valence-electron chi connectivity index (χ4n) is 3.69. The van der Waals surface area contributed by atoms with Gasteiger partial charge in [0.2, 0.25) is 10.0 Å². The van der Waals surface area contributed by atoms with E-state index >= 15 is 0 Å². The smallest absolute Gasteiger partial charge is 0.255 e. The molecule has 8 heteroatoms. The molecule has 0 radical (unpaired) electrons. The van der Waals surface area contributed by atoms with Gasteiger partial charge in [-0.25, -0.2) is 8.42 Å². The number of carbonyl (C=O) groups is 1. The molecule has 0 aromatic heterocycles. The van der Waals surface area contributed by atoms with Crippen molar-refractivity contribution in [3.8, 4) is 0 Å². The van der Waals surface area contributed by atoms with Crippen LogP contribution in [0.4, 0.5) is 17.1 Å². The minimum absolute atomic E-state index is 0.145. The van der Waals surface area contributed by atoms with Gasteiger partial charge in [-0.2, -0.15) is 0 Å². The Balaban J connectivity index is 1.70. The van der Waals surface area contributed by atoms with Gasteiger partial charge in [0.15, 0.2) is 0 Å². The summed E-state index contributed by atoms with van der Waals surface area (Å²) in [4.78, 5) is 15.1. The maximum atomic E-state index is 12.7. The van der Waals surface area contributed by atoms with Crippen LogP contribution in [0.25, 0.3) is 0 Å². The van der Waals surface area contributed by atoms with Crippen LogP contribution in [-0.2, 0) is 14.8 Å². The number of sulfonamides is 1. The van der Waals surface area contributed by atoms with Crippen molar-refractivity contribution >= 4 is 33.0 Å². The molecule has 3 unspecified atom stereocenters. The maximum absolute atomic E-state index is 12.7. The number of amides is 1. The summed E-state index contributed by atoms with van der Waals surface area (Å²) in [5, 5.41) is 2.41. The molecular formula is C24H33N3O4S. The average molecular weight is 460 g/mol. The Morgan fingerprint density at radius 3 is 2.34 bits per heavy atom. The molecule has 3 rings (SSSR count). The van der Waals surface area contributed by atoms with E-state index in [2.05, 4.69) is 41.8 Å². The van der Waals surface area contributed by atoms with Crippen molar-refractivity contribution in [1.82, 2.24) is 0 Å². The summed E-state index contributed by atoms with van der Waals surface area (Å²) in [6.07, 6.45) is 0.306. The summed E-state index contributed by atoms with van der Waals surface area (Å²) in [6.45, 7) is 12.3. The van der Waals surface area contributed by atoms with Crippen LogP contribution in [0.5, 0.6) is 0 Å². The van der Waals surface area contributed by atoms with E-state index in [0.717, 1.165) is 23.5 Å². The van der Waals surface area contributed by atoms with Crippen molar-refractivity contribution in [3.63, 3.8) is 0 Å². The first-order valence-corrected chi connectivity index (χ1v) is 12.5.